The molecule has 0 aliphatic carbocycles. The molecule has 1 aromatic heterocycles. The Morgan fingerprint density at radius 2 is 2.03 bits per heavy atom. The Labute approximate surface area is 168 Å². The van der Waals surface area contributed by atoms with Gasteiger partial charge in [-0.3, -0.25) is 9.63 Å². The molecule has 2 heterocycles. The minimum atomic E-state index is -0.671. The summed E-state index contributed by atoms with van der Waals surface area (Å²) in [5.41, 5.74) is 2.10. The number of aromatic amines is 1. The van der Waals surface area contributed by atoms with Crippen molar-refractivity contribution in [2.24, 2.45) is 5.92 Å². The summed E-state index contributed by atoms with van der Waals surface area (Å²) in [6.45, 7) is 2.72. The van der Waals surface area contributed by atoms with E-state index in [0.717, 1.165) is 16.5 Å². The van der Waals surface area contributed by atoms with E-state index in [2.05, 4.69) is 10.3 Å². The first-order chi connectivity index (χ1) is 14.1. The van der Waals surface area contributed by atoms with Gasteiger partial charge in [-0.2, -0.15) is 0 Å². The van der Waals surface area contributed by atoms with E-state index in [1.807, 2.05) is 55.6 Å². The molecule has 0 spiro atoms. The van der Waals surface area contributed by atoms with Crippen LogP contribution in [0.5, 0.6) is 5.75 Å². The Hall–Kier alpha value is -3.32. The molecular formula is C22H23N3O4. The zero-order valence-corrected chi connectivity index (χ0v) is 16.1. The van der Waals surface area contributed by atoms with Crippen LogP contribution < -0.4 is 10.1 Å². The lowest BCUT2D eigenvalue weighted by atomic mass is 10.1. The van der Waals surface area contributed by atoms with E-state index >= 15 is 0 Å². The first-order valence-electron chi connectivity index (χ1n) is 9.64. The number of fused-ring (bicyclic) bond motifs is 1. The molecule has 7 nitrogen and oxygen atoms in total. The molecule has 2 unspecified atom stereocenters. The molecule has 4 rings (SSSR count). The van der Waals surface area contributed by atoms with Crippen LogP contribution in [0.25, 0.3) is 10.9 Å². The third-order valence-electron chi connectivity index (χ3n) is 5.02. The van der Waals surface area contributed by atoms with Crippen LogP contribution in [-0.4, -0.2) is 41.2 Å². The molecule has 0 radical (unpaired) electrons. The lowest BCUT2D eigenvalue weighted by molar-refractivity contribution is -0.178. The van der Waals surface area contributed by atoms with Crippen LogP contribution in [0.15, 0.2) is 60.8 Å². The number of hydroxylamine groups is 2. The summed E-state index contributed by atoms with van der Waals surface area (Å²) in [5.74, 6) is 0.0752. The fourth-order valence-electron chi connectivity index (χ4n) is 3.45. The molecule has 0 saturated carbocycles. The molecule has 2 amide bonds. The predicted molar refractivity (Wildman–Crippen MR) is 108 cm³/mol. The number of aromatic nitrogens is 1. The fourth-order valence-corrected chi connectivity index (χ4v) is 3.45. The number of hydrogen-bond acceptors (Lipinski definition) is 4. The third-order valence-corrected chi connectivity index (χ3v) is 5.02. The van der Waals surface area contributed by atoms with Crippen molar-refractivity contribution < 1.29 is 19.2 Å². The number of ether oxygens (including phenoxy) is 1. The molecule has 7 heteroatoms. The standard InChI is InChI=1S/C22H23N3O4/c1-15-14-25(28-12-10-16-5-3-2-4-6-16)21(26)20(15)24-22(27)29-18-7-8-19-17(13-18)9-11-23-19/h2-9,11,13,15,20,23H,10,12,14H2,1H3,(H,24,27). The van der Waals surface area contributed by atoms with Crippen LogP contribution in [0.4, 0.5) is 4.79 Å². The van der Waals surface area contributed by atoms with Crippen molar-refractivity contribution in [3.63, 3.8) is 0 Å². The predicted octanol–water partition coefficient (Wildman–Crippen LogP) is 3.28. The van der Waals surface area contributed by atoms with Crippen molar-refractivity contribution in [1.29, 1.82) is 0 Å². The van der Waals surface area contributed by atoms with Crippen molar-refractivity contribution in [3.05, 3.63) is 66.4 Å². The van der Waals surface area contributed by atoms with E-state index in [1.165, 1.54) is 5.06 Å². The van der Waals surface area contributed by atoms with Gasteiger partial charge in [-0.15, -0.1) is 0 Å². The maximum Gasteiger partial charge on any atom is 0.413 e. The second-order valence-electron chi connectivity index (χ2n) is 7.18. The average Bonchev–Trinajstić information content (AvgIpc) is 3.28. The van der Waals surface area contributed by atoms with Crippen molar-refractivity contribution in [2.45, 2.75) is 19.4 Å². The highest BCUT2D eigenvalue weighted by molar-refractivity contribution is 5.88. The second-order valence-corrected chi connectivity index (χ2v) is 7.18. The number of H-pyrrole nitrogens is 1. The molecular weight excluding hydrogens is 370 g/mol. The molecule has 1 aliphatic rings. The topological polar surface area (TPSA) is 83.7 Å². The van der Waals surface area contributed by atoms with Gasteiger partial charge in [-0.25, -0.2) is 9.86 Å². The van der Waals surface area contributed by atoms with E-state index in [0.29, 0.717) is 25.3 Å². The quantitative estimate of drug-likeness (QED) is 0.673. The largest absolute Gasteiger partial charge is 0.413 e. The number of rotatable bonds is 6. The van der Waals surface area contributed by atoms with Crippen molar-refractivity contribution in [2.75, 3.05) is 13.2 Å². The minimum absolute atomic E-state index is 0.0843. The summed E-state index contributed by atoms with van der Waals surface area (Å²) in [6, 6.07) is 16.5. The molecule has 2 aromatic carbocycles. The smallest absolute Gasteiger partial charge is 0.410 e. The van der Waals surface area contributed by atoms with Crippen LogP contribution in [-0.2, 0) is 16.1 Å². The van der Waals surface area contributed by atoms with Crippen LogP contribution in [0.2, 0.25) is 0 Å². The number of carbonyl (C=O) groups excluding carboxylic acids is 2. The average molecular weight is 393 g/mol. The summed E-state index contributed by atoms with van der Waals surface area (Å²) in [5, 5.41) is 4.95. The van der Waals surface area contributed by atoms with Gasteiger partial charge < -0.3 is 15.0 Å². The molecule has 1 fully saturated rings. The maximum absolute atomic E-state index is 12.6. The van der Waals surface area contributed by atoms with Crippen LogP contribution in [0.1, 0.15) is 12.5 Å². The van der Waals surface area contributed by atoms with Gasteiger partial charge in [0.05, 0.1) is 13.2 Å². The number of amides is 2. The first-order valence-corrected chi connectivity index (χ1v) is 9.64. The van der Waals surface area contributed by atoms with Crippen LogP contribution >= 0.6 is 0 Å². The van der Waals surface area contributed by atoms with Gasteiger partial charge in [0, 0.05) is 23.0 Å². The van der Waals surface area contributed by atoms with Gasteiger partial charge in [-0.1, -0.05) is 37.3 Å². The molecule has 29 heavy (non-hydrogen) atoms. The lowest BCUT2D eigenvalue weighted by Gasteiger charge is -2.16. The van der Waals surface area contributed by atoms with Gasteiger partial charge in [0.15, 0.2) is 0 Å². The van der Waals surface area contributed by atoms with Gasteiger partial charge >= 0.3 is 6.09 Å². The van der Waals surface area contributed by atoms with Crippen molar-refractivity contribution >= 4 is 22.9 Å². The number of benzene rings is 2. The van der Waals surface area contributed by atoms with E-state index in [-0.39, 0.29) is 11.8 Å². The zero-order chi connectivity index (χ0) is 20.2. The summed E-state index contributed by atoms with van der Waals surface area (Å²) < 4.78 is 5.35. The van der Waals surface area contributed by atoms with Crippen molar-refractivity contribution in [3.8, 4) is 5.75 Å². The Bertz CT molecular complexity index is 1000. The molecule has 1 saturated heterocycles. The number of hydrogen-bond donors (Lipinski definition) is 2. The van der Waals surface area contributed by atoms with Crippen LogP contribution in [0, 0.1) is 5.92 Å². The zero-order valence-electron chi connectivity index (χ0n) is 16.1. The summed E-state index contributed by atoms with van der Waals surface area (Å²) in [6.07, 6.45) is 1.87. The first kappa shape index (κ1) is 19.0. The Balaban J connectivity index is 1.29. The number of nitrogens with zero attached hydrogens (tertiary/aromatic N) is 1. The summed E-state index contributed by atoms with van der Waals surface area (Å²) in [4.78, 5) is 33.6. The Morgan fingerprint density at radius 3 is 2.86 bits per heavy atom. The molecule has 0 bridgehead atoms. The van der Waals surface area contributed by atoms with Gasteiger partial charge in [0.2, 0.25) is 0 Å². The van der Waals surface area contributed by atoms with Gasteiger partial charge in [-0.05, 0) is 36.2 Å². The highest BCUT2D eigenvalue weighted by Crippen LogP contribution is 2.21. The second kappa shape index (κ2) is 8.36. The molecule has 150 valence electrons. The maximum atomic E-state index is 12.6. The van der Waals surface area contributed by atoms with E-state index in [9.17, 15) is 9.59 Å². The molecule has 2 atom stereocenters. The summed E-state index contributed by atoms with van der Waals surface area (Å²) in [7, 11) is 0. The van der Waals surface area contributed by atoms with E-state index in [1.54, 1.807) is 12.1 Å². The van der Waals surface area contributed by atoms with Crippen LogP contribution in [0.3, 0.4) is 0 Å². The lowest BCUT2D eigenvalue weighted by Crippen LogP contribution is -2.44. The SMILES string of the molecule is CC1CN(OCCc2ccccc2)C(=O)C1NC(=O)Oc1ccc2[nH]ccc2c1. The summed E-state index contributed by atoms with van der Waals surface area (Å²) >= 11 is 0. The highest BCUT2D eigenvalue weighted by Gasteiger charge is 2.40. The van der Waals surface area contributed by atoms with Gasteiger partial charge in [0.25, 0.3) is 5.91 Å². The number of nitrogens with one attached hydrogen (secondary N) is 2. The Morgan fingerprint density at radius 1 is 1.21 bits per heavy atom. The van der Waals surface area contributed by atoms with E-state index < -0.39 is 12.1 Å². The normalized spacial score (nSPS) is 18.9. The molecule has 3 aromatic rings. The molecule has 2 N–H and O–H groups in total. The highest BCUT2D eigenvalue weighted by atomic mass is 16.7. The van der Waals surface area contributed by atoms with Gasteiger partial charge in [0.1, 0.15) is 11.8 Å². The monoisotopic (exact) mass is 393 g/mol. The number of carbonyl (C=O) groups is 2. The Kier molecular flexibility index (Phi) is 5.48. The molecule has 1 aliphatic heterocycles. The fraction of sp³-hybridized carbons (Fsp3) is 0.273. The van der Waals surface area contributed by atoms with Crippen molar-refractivity contribution in [1.82, 2.24) is 15.4 Å². The van der Waals surface area contributed by atoms with E-state index in [4.69, 9.17) is 9.57 Å². The minimum Gasteiger partial charge on any atom is -0.410 e. The third kappa shape index (κ3) is 4.41.